The summed E-state index contributed by atoms with van der Waals surface area (Å²) in [5.41, 5.74) is 0.996. The average molecular weight is 374 g/mol. The Morgan fingerprint density at radius 2 is 1.88 bits per heavy atom. The summed E-state index contributed by atoms with van der Waals surface area (Å²) >= 11 is 1.38. The quantitative estimate of drug-likeness (QED) is 0.893. The Morgan fingerprint density at radius 3 is 2.54 bits per heavy atom. The highest BCUT2D eigenvalue weighted by Crippen LogP contribution is 2.19. The van der Waals surface area contributed by atoms with Crippen molar-refractivity contribution in [3.8, 4) is 5.75 Å². The molecule has 1 aliphatic rings. The van der Waals surface area contributed by atoms with Gasteiger partial charge in [-0.05, 0) is 25.5 Å². The monoisotopic (exact) mass is 374 g/mol. The third kappa shape index (κ3) is 4.32. The zero-order chi connectivity index (χ0) is 18.5. The molecule has 1 fully saturated rings. The van der Waals surface area contributed by atoms with Gasteiger partial charge < -0.3 is 14.5 Å². The van der Waals surface area contributed by atoms with Crippen molar-refractivity contribution in [2.75, 3.05) is 31.5 Å². The predicted octanol–water partition coefficient (Wildman–Crippen LogP) is 2.60. The average Bonchev–Trinajstić information content (AvgIpc) is 3.16. The highest BCUT2D eigenvalue weighted by atomic mass is 32.1. The summed E-state index contributed by atoms with van der Waals surface area (Å²) in [6, 6.07) is 7.45. The molecular weight excluding hydrogens is 352 g/mol. The Hall–Kier alpha value is -2.61. The van der Waals surface area contributed by atoms with E-state index in [1.165, 1.54) is 11.3 Å². The third-order valence-corrected chi connectivity index (χ3v) is 4.96. The molecule has 3 rings (SSSR count). The molecule has 1 aromatic carbocycles. The molecule has 8 heteroatoms. The van der Waals surface area contributed by atoms with Crippen LogP contribution in [0.4, 0.5) is 9.93 Å². The van der Waals surface area contributed by atoms with Crippen LogP contribution < -0.4 is 10.1 Å². The lowest BCUT2D eigenvalue weighted by molar-refractivity contribution is -0.139. The van der Waals surface area contributed by atoms with Gasteiger partial charge in [-0.25, -0.2) is 9.78 Å². The largest absolute Gasteiger partial charge is 0.481 e. The van der Waals surface area contributed by atoms with E-state index in [9.17, 15) is 9.59 Å². The zero-order valence-corrected chi connectivity index (χ0v) is 15.7. The second kappa shape index (κ2) is 8.18. The SMILES string of the molecule is Cc1ccccc1OC(C)C(=O)N1CCN(C(=O)Nc2nccs2)CC1. The molecule has 2 aromatic rings. The fraction of sp³-hybridized carbons (Fsp3) is 0.389. The van der Waals surface area contributed by atoms with Crippen molar-refractivity contribution in [1.29, 1.82) is 0 Å². The molecule has 1 N–H and O–H groups in total. The highest BCUT2D eigenvalue weighted by Gasteiger charge is 2.28. The lowest BCUT2D eigenvalue weighted by Gasteiger charge is -2.35. The number of piperazine rings is 1. The van der Waals surface area contributed by atoms with Crippen LogP contribution in [0.3, 0.4) is 0 Å². The van der Waals surface area contributed by atoms with Gasteiger partial charge in [0.15, 0.2) is 11.2 Å². The van der Waals surface area contributed by atoms with Gasteiger partial charge >= 0.3 is 6.03 Å². The summed E-state index contributed by atoms with van der Waals surface area (Å²) in [4.78, 5) is 32.3. The Labute approximate surface area is 156 Å². The van der Waals surface area contributed by atoms with Crippen LogP contribution in [-0.4, -0.2) is 59.0 Å². The zero-order valence-electron chi connectivity index (χ0n) is 14.8. The summed E-state index contributed by atoms with van der Waals surface area (Å²) in [7, 11) is 0. The first-order valence-corrected chi connectivity index (χ1v) is 9.39. The maximum Gasteiger partial charge on any atom is 0.323 e. The van der Waals surface area contributed by atoms with Crippen LogP contribution in [0.5, 0.6) is 5.75 Å². The van der Waals surface area contributed by atoms with Gasteiger partial charge in [-0.1, -0.05) is 18.2 Å². The maximum absolute atomic E-state index is 12.6. The van der Waals surface area contributed by atoms with Crippen LogP contribution in [0.2, 0.25) is 0 Å². The predicted molar refractivity (Wildman–Crippen MR) is 101 cm³/mol. The van der Waals surface area contributed by atoms with Crippen LogP contribution in [0.1, 0.15) is 12.5 Å². The van der Waals surface area contributed by atoms with Gasteiger partial charge in [0.1, 0.15) is 5.75 Å². The number of anilines is 1. The number of urea groups is 1. The second-order valence-corrected chi connectivity index (χ2v) is 7.00. The minimum absolute atomic E-state index is 0.0618. The topological polar surface area (TPSA) is 74.8 Å². The molecule has 1 aliphatic heterocycles. The van der Waals surface area contributed by atoms with Crippen molar-refractivity contribution in [2.24, 2.45) is 0 Å². The number of aryl methyl sites for hydroxylation is 1. The van der Waals surface area contributed by atoms with Crippen LogP contribution in [0.25, 0.3) is 0 Å². The van der Waals surface area contributed by atoms with Gasteiger partial charge in [-0.15, -0.1) is 11.3 Å². The van der Waals surface area contributed by atoms with Crippen molar-refractivity contribution in [2.45, 2.75) is 20.0 Å². The number of aromatic nitrogens is 1. The maximum atomic E-state index is 12.6. The molecular formula is C18H22N4O3S. The summed E-state index contributed by atoms with van der Waals surface area (Å²) in [6.45, 7) is 5.67. The summed E-state index contributed by atoms with van der Waals surface area (Å²) in [5.74, 6) is 0.656. The molecule has 138 valence electrons. The van der Waals surface area contributed by atoms with Gasteiger partial charge in [0.2, 0.25) is 0 Å². The van der Waals surface area contributed by atoms with E-state index >= 15 is 0 Å². The van der Waals surface area contributed by atoms with Crippen molar-refractivity contribution in [3.63, 3.8) is 0 Å². The Morgan fingerprint density at radius 1 is 1.19 bits per heavy atom. The van der Waals surface area contributed by atoms with Gasteiger partial charge in [0.25, 0.3) is 5.91 Å². The molecule has 0 aliphatic carbocycles. The number of para-hydroxylation sites is 1. The smallest absolute Gasteiger partial charge is 0.323 e. The van der Waals surface area contributed by atoms with E-state index in [0.717, 1.165) is 11.3 Å². The van der Waals surface area contributed by atoms with Crippen molar-refractivity contribution < 1.29 is 14.3 Å². The minimum atomic E-state index is -0.563. The normalized spacial score (nSPS) is 15.5. The highest BCUT2D eigenvalue weighted by molar-refractivity contribution is 7.13. The first-order chi connectivity index (χ1) is 12.5. The molecule has 1 atom stereocenters. The van der Waals surface area contributed by atoms with Crippen molar-refractivity contribution >= 4 is 28.4 Å². The number of hydrogen-bond acceptors (Lipinski definition) is 5. The minimum Gasteiger partial charge on any atom is -0.481 e. The van der Waals surface area contributed by atoms with Crippen molar-refractivity contribution in [1.82, 2.24) is 14.8 Å². The number of carbonyl (C=O) groups is 2. The molecule has 2 heterocycles. The summed E-state index contributed by atoms with van der Waals surface area (Å²) < 4.78 is 5.81. The molecule has 0 saturated carbocycles. The standard InChI is InChI=1S/C18H22N4O3S/c1-13-5-3-4-6-15(13)25-14(2)16(23)21-8-10-22(11-9-21)18(24)20-17-19-7-12-26-17/h3-7,12,14H,8-11H2,1-2H3,(H,19,20,24). The molecule has 0 radical (unpaired) electrons. The number of ether oxygens (including phenoxy) is 1. The number of thiazole rings is 1. The Bertz CT molecular complexity index is 758. The molecule has 0 bridgehead atoms. The lowest BCUT2D eigenvalue weighted by atomic mass is 10.2. The molecule has 1 aromatic heterocycles. The molecule has 1 saturated heterocycles. The summed E-state index contributed by atoms with van der Waals surface area (Å²) in [6.07, 6.45) is 1.08. The van der Waals surface area contributed by atoms with Crippen LogP contribution in [0.15, 0.2) is 35.8 Å². The molecule has 7 nitrogen and oxygen atoms in total. The van der Waals surface area contributed by atoms with Gasteiger partial charge in [0.05, 0.1) is 0 Å². The van der Waals surface area contributed by atoms with Gasteiger partial charge in [-0.2, -0.15) is 0 Å². The second-order valence-electron chi connectivity index (χ2n) is 6.11. The van der Waals surface area contributed by atoms with E-state index < -0.39 is 6.10 Å². The number of rotatable bonds is 4. The fourth-order valence-electron chi connectivity index (χ4n) is 2.77. The van der Waals surface area contributed by atoms with E-state index in [0.29, 0.717) is 31.3 Å². The lowest BCUT2D eigenvalue weighted by Crippen LogP contribution is -2.54. The van der Waals surface area contributed by atoms with Crippen LogP contribution in [0, 0.1) is 6.92 Å². The Balaban J connectivity index is 1.50. The number of hydrogen-bond donors (Lipinski definition) is 1. The fourth-order valence-corrected chi connectivity index (χ4v) is 3.29. The molecule has 3 amide bonds. The number of nitrogens with zero attached hydrogens (tertiary/aromatic N) is 3. The number of benzene rings is 1. The number of carbonyl (C=O) groups excluding carboxylic acids is 2. The van der Waals surface area contributed by atoms with E-state index in [1.807, 2.05) is 36.6 Å². The number of nitrogens with one attached hydrogen (secondary N) is 1. The molecule has 26 heavy (non-hydrogen) atoms. The molecule has 0 spiro atoms. The van der Waals surface area contributed by atoms with Crippen LogP contribution >= 0.6 is 11.3 Å². The first kappa shape index (κ1) is 18.2. The van der Waals surface area contributed by atoms with E-state index in [4.69, 9.17) is 4.74 Å². The van der Waals surface area contributed by atoms with Crippen molar-refractivity contribution in [3.05, 3.63) is 41.4 Å². The van der Waals surface area contributed by atoms with E-state index in [2.05, 4.69) is 10.3 Å². The van der Waals surface area contributed by atoms with Gasteiger partial charge in [-0.3, -0.25) is 10.1 Å². The number of amides is 3. The summed E-state index contributed by atoms with van der Waals surface area (Å²) in [5, 5.41) is 5.15. The van der Waals surface area contributed by atoms with Gasteiger partial charge in [0, 0.05) is 37.8 Å². The van der Waals surface area contributed by atoms with E-state index in [-0.39, 0.29) is 11.9 Å². The third-order valence-electron chi connectivity index (χ3n) is 4.27. The van der Waals surface area contributed by atoms with E-state index in [1.54, 1.807) is 22.9 Å². The first-order valence-electron chi connectivity index (χ1n) is 8.51. The van der Waals surface area contributed by atoms with Crippen LogP contribution in [-0.2, 0) is 4.79 Å². The molecule has 1 unspecified atom stereocenters. The Kier molecular flexibility index (Phi) is 5.72.